The summed E-state index contributed by atoms with van der Waals surface area (Å²) in [5.41, 5.74) is 1.70. The predicted molar refractivity (Wildman–Crippen MR) is 104 cm³/mol. The van der Waals surface area contributed by atoms with E-state index in [1.807, 2.05) is 32.0 Å². The Morgan fingerprint density at radius 2 is 1.93 bits per heavy atom. The topological polar surface area (TPSA) is 89.8 Å². The second-order valence-electron chi connectivity index (χ2n) is 6.36. The molecule has 0 radical (unpaired) electrons. The zero-order valence-corrected chi connectivity index (χ0v) is 16.1. The van der Waals surface area contributed by atoms with Gasteiger partial charge in [-0.3, -0.25) is 9.59 Å². The Labute approximate surface area is 165 Å². The van der Waals surface area contributed by atoms with Gasteiger partial charge in [-0.2, -0.15) is 0 Å². The van der Waals surface area contributed by atoms with Crippen LogP contribution in [0.1, 0.15) is 44.3 Å². The molecule has 0 aliphatic carbocycles. The first-order valence-corrected chi connectivity index (χ1v) is 9.48. The Bertz CT molecular complexity index is 1030. The van der Waals surface area contributed by atoms with Gasteiger partial charge in [0.05, 0.1) is 22.2 Å². The highest BCUT2D eigenvalue weighted by Gasteiger charge is 2.20. The molecule has 144 valence electrons. The van der Waals surface area contributed by atoms with E-state index in [0.29, 0.717) is 21.4 Å². The maximum Gasteiger partial charge on any atom is 0.291 e. The highest BCUT2D eigenvalue weighted by molar-refractivity contribution is 7.18. The van der Waals surface area contributed by atoms with E-state index in [2.05, 4.69) is 10.6 Å². The first kappa shape index (κ1) is 18.1. The smallest absolute Gasteiger partial charge is 0.291 e. The third kappa shape index (κ3) is 3.59. The molecule has 1 unspecified atom stereocenters. The van der Waals surface area contributed by atoms with Crippen molar-refractivity contribution in [1.82, 2.24) is 5.32 Å². The quantitative estimate of drug-likeness (QED) is 0.675. The molecule has 3 aromatic rings. The lowest BCUT2D eigenvalue weighted by Crippen LogP contribution is -2.26. The minimum absolute atomic E-state index is 0.203. The second-order valence-corrected chi connectivity index (χ2v) is 7.41. The van der Waals surface area contributed by atoms with Crippen LogP contribution in [0.5, 0.6) is 11.5 Å². The number of furan rings is 1. The summed E-state index contributed by atoms with van der Waals surface area (Å²) in [7, 11) is 0. The standard InChI is InChI=1S/C20H18N2O5S/c1-11-8-17(22-19(23)15-4-3-7-25-15)28-18(11)20(24)21-12(2)13-5-6-14-16(9-13)27-10-26-14/h3-9,12H,10H2,1-2H3,(H,21,24)(H,22,23). The molecule has 0 spiro atoms. The van der Waals surface area contributed by atoms with Gasteiger partial charge in [0.25, 0.3) is 11.8 Å². The van der Waals surface area contributed by atoms with Crippen molar-refractivity contribution in [2.45, 2.75) is 19.9 Å². The van der Waals surface area contributed by atoms with Crippen LogP contribution in [0.25, 0.3) is 0 Å². The van der Waals surface area contributed by atoms with Crippen LogP contribution in [-0.2, 0) is 0 Å². The van der Waals surface area contributed by atoms with Crippen LogP contribution in [-0.4, -0.2) is 18.6 Å². The summed E-state index contributed by atoms with van der Waals surface area (Å²) in [5, 5.41) is 6.31. The molecular weight excluding hydrogens is 380 g/mol. The van der Waals surface area contributed by atoms with E-state index in [9.17, 15) is 9.59 Å². The van der Waals surface area contributed by atoms with Crippen LogP contribution in [0.15, 0.2) is 47.1 Å². The van der Waals surface area contributed by atoms with Crippen molar-refractivity contribution in [3.8, 4) is 11.5 Å². The van der Waals surface area contributed by atoms with Crippen molar-refractivity contribution in [2.75, 3.05) is 12.1 Å². The fourth-order valence-electron chi connectivity index (χ4n) is 2.88. The predicted octanol–water partition coefficient (Wildman–Crippen LogP) is 4.12. The highest BCUT2D eigenvalue weighted by atomic mass is 32.1. The Hall–Kier alpha value is -3.26. The summed E-state index contributed by atoms with van der Waals surface area (Å²) < 4.78 is 15.8. The van der Waals surface area contributed by atoms with Crippen molar-refractivity contribution in [3.05, 3.63) is 64.4 Å². The maximum absolute atomic E-state index is 12.7. The number of aryl methyl sites for hydroxylation is 1. The van der Waals surface area contributed by atoms with Crippen molar-refractivity contribution < 1.29 is 23.5 Å². The Balaban J connectivity index is 1.44. The van der Waals surface area contributed by atoms with Gasteiger partial charge in [0.2, 0.25) is 6.79 Å². The molecule has 3 heterocycles. The summed E-state index contributed by atoms with van der Waals surface area (Å²) in [4.78, 5) is 25.4. The monoisotopic (exact) mass is 398 g/mol. The van der Waals surface area contributed by atoms with Gasteiger partial charge in [-0.15, -0.1) is 11.3 Å². The largest absolute Gasteiger partial charge is 0.459 e. The minimum atomic E-state index is -0.355. The van der Waals surface area contributed by atoms with Gasteiger partial charge in [0, 0.05) is 0 Å². The molecule has 2 N–H and O–H groups in total. The van der Waals surface area contributed by atoms with Gasteiger partial charge in [-0.25, -0.2) is 0 Å². The SMILES string of the molecule is Cc1cc(NC(=O)c2ccco2)sc1C(=O)NC(C)c1ccc2c(c1)OCO2. The average Bonchev–Trinajstić information content (AvgIpc) is 3.41. The van der Waals surface area contributed by atoms with Crippen LogP contribution in [0, 0.1) is 6.92 Å². The molecule has 4 rings (SSSR count). The van der Waals surface area contributed by atoms with Crippen LogP contribution >= 0.6 is 11.3 Å². The molecule has 0 saturated heterocycles. The fourth-order valence-corrected chi connectivity index (χ4v) is 3.85. The number of hydrogen-bond acceptors (Lipinski definition) is 6. The van der Waals surface area contributed by atoms with Gasteiger partial charge in [-0.1, -0.05) is 6.07 Å². The molecule has 0 bridgehead atoms. The van der Waals surface area contributed by atoms with E-state index in [1.165, 1.54) is 17.6 Å². The number of fused-ring (bicyclic) bond motifs is 1. The molecule has 2 aromatic heterocycles. The van der Waals surface area contributed by atoms with Crippen LogP contribution < -0.4 is 20.1 Å². The number of benzene rings is 1. The molecule has 0 saturated carbocycles. The van der Waals surface area contributed by atoms with E-state index in [-0.39, 0.29) is 30.4 Å². The molecule has 28 heavy (non-hydrogen) atoms. The maximum atomic E-state index is 12.7. The number of rotatable bonds is 5. The number of ether oxygens (including phenoxy) is 2. The van der Waals surface area contributed by atoms with Crippen molar-refractivity contribution in [3.63, 3.8) is 0 Å². The summed E-state index contributed by atoms with van der Waals surface area (Å²) >= 11 is 1.22. The Morgan fingerprint density at radius 3 is 2.71 bits per heavy atom. The number of anilines is 1. The second kappa shape index (κ2) is 7.40. The molecule has 7 nitrogen and oxygen atoms in total. The Kier molecular flexibility index (Phi) is 4.79. The number of amides is 2. The number of thiophene rings is 1. The summed E-state index contributed by atoms with van der Waals surface area (Å²) in [6.07, 6.45) is 1.44. The van der Waals surface area contributed by atoms with Gasteiger partial charge in [-0.05, 0) is 55.3 Å². The number of nitrogens with one attached hydrogen (secondary N) is 2. The molecular formula is C20H18N2O5S. The van der Waals surface area contributed by atoms with Crippen molar-refractivity contribution in [1.29, 1.82) is 0 Å². The molecule has 2 amide bonds. The molecule has 1 aliphatic heterocycles. The zero-order valence-electron chi connectivity index (χ0n) is 15.3. The van der Waals surface area contributed by atoms with Gasteiger partial charge < -0.3 is 24.5 Å². The van der Waals surface area contributed by atoms with Crippen molar-refractivity contribution >= 4 is 28.2 Å². The first-order chi connectivity index (χ1) is 13.5. The minimum Gasteiger partial charge on any atom is -0.459 e. The number of carbonyl (C=O) groups is 2. The zero-order chi connectivity index (χ0) is 19.7. The molecule has 0 fully saturated rings. The average molecular weight is 398 g/mol. The van der Waals surface area contributed by atoms with E-state index < -0.39 is 0 Å². The fraction of sp³-hybridized carbons (Fsp3) is 0.200. The summed E-state index contributed by atoms with van der Waals surface area (Å²) in [6, 6.07) is 10.4. The van der Waals surface area contributed by atoms with E-state index in [1.54, 1.807) is 18.2 Å². The molecule has 1 aliphatic rings. The molecule has 1 atom stereocenters. The third-order valence-electron chi connectivity index (χ3n) is 4.35. The molecule has 1 aromatic carbocycles. The van der Waals surface area contributed by atoms with Crippen molar-refractivity contribution in [2.24, 2.45) is 0 Å². The summed E-state index contributed by atoms with van der Waals surface area (Å²) in [6.45, 7) is 3.94. The van der Waals surface area contributed by atoms with Gasteiger partial charge in [0.1, 0.15) is 0 Å². The third-order valence-corrected chi connectivity index (χ3v) is 5.50. The van der Waals surface area contributed by atoms with Gasteiger partial charge in [0.15, 0.2) is 17.3 Å². The van der Waals surface area contributed by atoms with E-state index in [4.69, 9.17) is 13.9 Å². The normalized spacial score (nSPS) is 13.2. The van der Waals surface area contributed by atoms with Crippen LogP contribution in [0.2, 0.25) is 0 Å². The lowest BCUT2D eigenvalue weighted by Gasteiger charge is -2.14. The molecule has 8 heteroatoms. The lowest BCUT2D eigenvalue weighted by molar-refractivity contribution is 0.0942. The highest BCUT2D eigenvalue weighted by Crippen LogP contribution is 2.34. The van der Waals surface area contributed by atoms with E-state index in [0.717, 1.165) is 11.1 Å². The Morgan fingerprint density at radius 1 is 1.11 bits per heavy atom. The van der Waals surface area contributed by atoms with Crippen LogP contribution in [0.3, 0.4) is 0 Å². The lowest BCUT2D eigenvalue weighted by atomic mass is 10.1. The summed E-state index contributed by atoms with van der Waals surface area (Å²) in [5.74, 6) is 1.04. The number of hydrogen-bond donors (Lipinski definition) is 2. The van der Waals surface area contributed by atoms with Crippen LogP contribution in [0.4, 0.5) is 5.00 Å². The van der Waals surface area contributed by atoms with Gasteiger partial charge >= 0.3 is 0 Å². The van der Waals surface area contributed by atoms with E-state index >= 15 is 0 Å². The number of carbonyl (C=O) groups excluding carboxylic acids is 2. The first-order valence-electron chi connectivity index (χ1n) is 8.67.